The summed E-state index contributed by atoms with van der Waals surface area (Å²) in [6, 6.07) is 0. The van der Waals surface area contributed by atoms with Crippen LogP contribution in [0.5, 0.6) is 0 Å². The molecule has 0 bridgehead atoms. The van der Waals surface area contributed by atoms with Gasteiger partial charge in [0.05, 0.1) is 0 Å². The smallest absolute Gasteiger partial charge is 0.332 e. The monoisotopic (exact) mass is 227 g/mol. The summed E-state index contributed by atoms with van der Waals surface area (Å²) in [7, 11) is 0. The maximum Gasteiger partial charge on any atom is 0.332 e. The molecule has 0 unspecified atom stereocenters. The van der Waals surface area contributed by atoms with Gasteiger partial charge in [-0.2, -0.15) is 0 Å². The van der Waals surface area contributed by atoms with Crippen LogP contribution in [0.2, 0.25) is 0 Å². The quantitative estimate of drug-likeness (QED) is 0.684. The predicted molar refractivity (Wildman–Crippen MR) is 58.3 cm³/mol. The van der Waals surface area contributed by atoms with E-state index in [-0.39, 0.29) is 11.1 Å². The van der Waals surface area contributed by atoms with Crippen molar-refractivity contribution in [3.8, 4) is 0 Å². The second kappa shape index (κ2) is 5.65. The molecule has 1 saturated heterocycles. The Morgan fingerprint density at radius 2 is 1.69 bits per heavy atom. The van der Waals surface area contributed by atoms with Crippen LogP contribution in [0.25, 0.3) is 0 Å². The summed E-state index contributed by atoms with van der Waals surface area (Å²) < 4.78 is 0. The van der Waals surface area contributed by atoms with Gasteiger partial charge in [-0.25, -0.2) is 9.59 Å². The molecule has 0 radical (unpaired) electrons. The van der Waals surface area contributed by atoms with Gasteiger partial charge in [-0.1, -0.05) is 0 Å². The fraction of sp³-hybridized carbons (Fsp3) is 0.636. The van der Waals surface area contributed by atoms with Crippen LogP contribution in [0.4, 0.5) is 0 Å². The lowest BCUT2D eigenvalue weighted by Gasteiger charge is -2.14. The molecule has 0 aromatic carbocycles. The molecule has 0 saturated carbocycles. The third-order valence-electron chi connectivity index (χ3n) is 2.91. The molecule has 0 aliphatic carbocycles. The van der Waals surface area contributed by atoms with E-state index in [0.29, 0.717) is 13.0 Å². The van der Waals surface area contributed by atoms with Crippen LogP contribution in [0, 0.1) is 0 Å². The molecule has 1 rings (SSSR count). The molecule has 2 N–H and O–H groups in total. The summed E-state index contributed by atoms with van der Waals surface area (Å²) in [5.74, 6) is -2.28. The van der Waals surface area contributed by atoms with Crippen LogP contribution in [-0.4, -0.2) is 46.7 Å². The average Bonchev–Trinajstić information content (AvgIpc) is 2.69. The number of likely N-dealkylation sites (tertiary alicyclic amines) is 1. The van der Waals surface area contributed by atoms with Gasteiger partial charge in [-0.15, -0.1) is 0 Å². The lowest BCUT2D eigenvalue weighted by molar-refractivity contribution is -0.136. The van der Waals surface area contributed by atoms with E-state index in [1.807, 2.05) is 0 Å². The van der Waals surface area contributed by atoms with Gasteiger partial charge in [0.1, 0.15) is 0 Å². The van der Waals surface area contributed by atoms with E-state index in [2.05, 4.69) is 4.90 Å². The molecule has 0 aromatic rings. The van der Waals surface area contributed by atoms with E-state index >= 15 is 0 Å². The molecule has 1 heterocycles. The summed E-state index contributed by atoms with van der Waals surface area (Å²) in [5, 5.41) is 17.7. The van der Waals surface area contributed by atoms with E-state index in [0.717, 1.165) is 25.9 Å². The topological polar surface area (TPSA) is 77.8 Å². The molecule has 5 nitrogen and oxygen atoms in total. The molecule has 5 heteroatoms. The Morgan fingerprint density at radius 1 is 1.12 bits per heavy atom. The van der Waals surface area contributed by atoms with Crippen molar-refractivity contribution in [2.45, 2.75) is 26.2 Å². The third-order valence-corrected chi connectivity index (χ3v) is 2.91. The number of carbonyl (C=O) groups is 2. The van der Waals surface area contributed by atoms with E-state index in [9.17, 15) is 9.59 Å². The van der Waals surface area contributed by atoms with Gasteiger partial charge in [0.25, 0.3) is 0 Å². The van der Waals surface area contributed by atoms with Gasteiger partial charge in [0, 0.05) is 17.7 Å². The first-order valence-electron chi connectivity index (χ1n) is 5.41. The number of carboxylic acid groups (broad SMARTS) is 2. The normalized spacial score (nSPS) is 18.3. The first-order valence-corrected chi connectivity index (χ1v) is 5.41. The first-order chi connectivity index (χ1) is 7.52. The van der Waals surface area contributed by atoms with Crippen molar-refractivity contribution >= 4 is 11.9 Å². The lowest BCUT2D eigenvalue weighted by Crippen LogP contribution is -2.22. The zero-order chi connectivity index (χ0) is 12.1. The number of hydrogen-bond donors (Lipinski definition) is 2. The van der Waals surface area contributed by atoms with Crippen molar-refractivity contribution in [3.05, 3.63) is 11.1 Å². The number of carboxylic acids is 2. The fourth-order valence-electron chi connectivity index (χ4n) is 1.86. The van der Waals surface area contributed by atoms with Gasteiger partial charge in [-0.05, 0) is 39.3 Å². The van der Waals surface area contributed by atoms with Gasteiger partial charge >= 0.3 is 11.9 Å². The average molecular weight is 227 g/mol. The third kappa shape index (κ3) is 3.34. The van der Waals surface area contributed by atoms with E-state index in [1.54, 1.807) is 0 Å². The fourth-order valence-corrected chi connectivity index (χ4v) is 1.86. The second-order valence-corrected chi connectivity index (χ2v) is 4.01. The summed E-state index contributed by atoms with van der Waals surface area (Å²) in [6.07, 6.45) is 2.58. The molecule has 0 spiro atoms. The number of nitrogens with zero attached hydrogens (tertiary/aromatic N) is 1. The molecule has 90 valence electrons. The molecule has 1 aliphatic rings. The number of aliphatic carboxylic acids is 2. The Labute approximate surface area is 94.4 Å². The van der Waals surface area contributed by atoms with Crippen LogP contribution < -0.4 is 0 Å². The molecular weight excluding hydrogens is 210 g/mol. The molecule has 0 aromatic heterocycles. The zero-order valence-corrected chi connectivity index (χ0v) is 9.40. The Balaban J connectivity index is 2.61. The largest absolute Gasteiger partial charge is 0.478 e. The van der Waals surface area contributed by atoms with Gasteiger partial charge in [-0.3, -0.25) is 0 Å². The van der Waals surface area contributed by atoms with Gasteiger partial charge < -0.3 is 15.1 Å². The molecule has 0 amide bonds. The maximum atomic E-state index is 10.9. The highest BCUT2D eigenvalue weighted by atomic mass is 16.4. The second-order valence-electron chi connectivity index (χ2n) is 4.01. The molecule has 16 heavy (non-hydrogen) atoms. The minimum absolute atomic E-state index is 0.0133. The highest BCUT2D eigenvalue weighted by Gasteiger charge is 2.18. The van der Waals surface area contributed by atoms with E-state index in [4.69, 9.17) is 10.2 Å². The van der Waals surface area contributed by atoms with Crippen molar-refractivity contribution in [2.75, 3.05) is 19.6 Å². The summed E-state index contributed by atoms with van der Waals surface area (Å²) in [4.78, 5) is 23.8. The highest BCUT2D eigenvalue weighted by molar-refractivity contribution is 5.98. The summed E-state index contributed by atoms with van der Waals surface area (Å²) >= 11 is 0. The molecule has 0 atom stereocenters. The van der Waals surface area contributed by atoms with Crippen molar-refractivity contribution in [1.29, 1.82) is 0 Å². The van der Waals surface area contributed by atoms with E-state index in [1.165, 1.54) is 6.92 Å². The predicted octanol–water partition coefficient (Wildman–Crippen LogP) is 0.958. The van der Waals surface area contributed by atoms with Crippen LogP contribution in [0.3, 0.4) is 0 Å². The van der Waals surface area contributed by atoms with Crippen LogP contribution in [-0.2, 0) is 9.59 Å². The first kappa shape index (κ1) is 12.7. The van der Waals surface area contributed by atoms with E-state index < -0.39 is 11.9 Å². The van der Waals surface area contributed by atoms with Gasteiger partial charge in [0.15, 0.2) is 0 Å². The lowest BCUT2D eigenvalue weighted by atomic mass is 10.1. The maximum absolute atomic E-state index is 10.9. The molecule has 1 aliphatic heterocycles. The summed E-state index contributed by atoms with van der Waals surface area (Å²) in [6.45, 7) is 3.94. The molecule has 1 fully saturated rings. The number of rotatable bonds is 5. The minimum atomic E-state index is -1.15. The Bertz CT molecular complexity index is 316. The Kier molecular flexibility index (Phi) is 4.49. The number of hydrogen-bond acceptors (Lipinski definition) is 3. The van der Waals surface area contributed by atoms with Crippen LogP contribution in [0.15, 0.2) is 11.1 Å². The Hall–Kier alpha value is -1.36. The SMILES string of the molecule is C/C(C(=O)O)=C(/CCN1CCCC1)C(=O)O. The molecular formula is C11H17NO4. The van der Waals surface area contributed by atoms with Gasteiger partial charge in [0.2, 0.25) is 0 Å². The standard InChI is InChI=1S/C11H17NO4/c1-8(10(13)14)9(11(15)16)4-7-12-5-2-3-6-12/h2-7H2,1H3,(H,13,14)(H,15,16)/b9-8+. The van der Waals surface area contributed by atoms with Crippen LogP contribution >= 0.6 is 0 Å². The highest BCUT2D eigenvalue weighted by Crippen LogP contribution is 2.14. The van der Waals surface area contributed by atoms with Crippen molar-refractivity contribution in [3.63, 3.8) is 0 Å². The zero-order valence-electron chi connectivity index (χ0n) is 9.40. The minimum Gasteiger partial charge on any atom is -0.478 e. The van der Waals surface area contributed by atoms with Crippen molar-refractivity contribution in [1.82, 2.24) is 4.90 Å². The van der Waals surface area contributed by atoms with Crippen molar-refractivity contribution in [2.24, 2.45) is 0 Å². The van der Waals surface area contributed by atoms with Crippen molar-refractivity contribution < 1.29 is 19.8 Å². The summed E-state index contributed by atoms with van der Waals surface area (Å²) in [5.41, 5.74) is -0.0499. The van der Waals surface area contributed by atoms with Crippen LogP contribution in [0.1, 0.15) is 26.2 Å². The Morgan fingerprint density at radius 3 is 2.12 bits per heavy atom.